The topological polar surface area (TPSA) is 29.9 Å². The average molecular weight is 237 g/mol. The molecule has 1 N–H and O–H groups in total. The summed E-state index contributed by atoms with van der Waals surface area (Å²) in [6.45, 7) is 15.3. The van der Waals surface area contributed by atoms with Crippen molar-refractivity contribution in [1.29, 1.82) is 0 Å². The van der Waals surface area contributed by atoms with Crippen molar-refractivity contribution in [3.05, 3.63) is 11.9 Å². The second kappa shape index (κ2) is 5.56. The Morgan fingerprint density at radius 1 is 1.35 bits per heavy atom. The summed E-state index contributed by atoms with van der Waals surface area (Å²) >= 11 is 0. The minimum absolute atomic E-state index is 0.369. The fourth-order valence-electron chi connectivity index (χ4n) is 1.61. The lowest BCUT2D eigenvalue weighted by Gasteiger charge is -2.19. The van der Waals surface area contributed by atoms with Crippen LogP contribution in [0.3, 0.4) is 0 Å². The predicted octanol–water partition coefficient (Wildman–Crippen LogP) is 3.70. The molecule has 0 fully saturated rings. The smallest absolute Gasteiger partial charge is 0.203 e. The molecule has 0 spiro atoms. The number of hydrogen-bond donors (Lipinski definition) is 1. The van der Waals surface area contributed by atoms with Gasteiger partial charge in [-0.05, 0) is 24.7 Å². The van der Waals surface area contributed by atoms with Gasteiger partial charge in [0.2, 0.25) is 5.95 Å². The summed E-state index contributed by atoms with van der Waals surface area (Å²) in [5.41, 5.74) is 1.46. The van der Waals surface area contributed by atoms with Crippen LogP contribution >= 0.6 is 0 Å². The molecule has 0 amide bonds. The van der Waals surface area contributed by atoms with Crippen molar-refractivity contribution in [3.8, 4) is 0 Å². The summed E-state index contributed by atoms with van der Waals surface area (Å²) in [6, 6.07) is 0. The predicted molar refractivity (Wildman–Crippen MR) is 74.4 cm³/mol. The van der Waals surface area contributed by atoms with Gasteiger partial charge in [-0.2, -0.15) is 0 Å². The number of aryl methyl sites for hydroxylation is 2. The van der Waals surface area contributed by atoms with Gasteiger partial charge in [-0.1, -0.05) is 34.6 Å². The zero-order valence-corrected chi connectivity index (χ0v) is 12.2. The SMILES string of the molecule is Cc1cn(CCC(C)(C)C)c(NCC(C)C)n1. The number of rotatable bonds is 5. The Kier molecular flexibility index (Phi) is 4.61. The van der Waals surface area contributed by atoms with Gasteiger partial charge < -0.3 is 9.88 Å². The Morgan fingerprint density at radius 3 is 2.53 bits per heavy atom. The van der Waals surface area contributed by atoms with Crippen molar-refractivity contribution in [2.75, 3.05) is 11.9 Å². The van der Waals surface area contributed by atoms with Gasteiger partial charge in [0.05, 0.1) is 5.69 Å². The third-order valence-corrected chi connectivity index (χ3v) is 2.67. The van der Waals surface area contributed by atoms with Crippen LogP contribution in [0.2, 0.25) is 0 Å². The number of aromatic nitrogens is 2. The highest BCUT2D eigenvalue weighted by Crippen LogP contribution is 2.21. The van der Waals surface area contributed by atoms with Gasteiger partial charge in [0.1, 0.15) is 0 Å². The first kappa shape index (κ1) is 14.1. The van der Waals surface area contributed by atoms with E-state index in [1.54, 1.807) is 0 Å². The van der Waals surface area contributed by atoms with E-state index in [9.17, 15) is 0 Å². The highest BCUT2D eigenvalue weighted by molar-refractivity contribution is 5.28. The summed E-state index contributed by atoms with van der Waals surface area (Å²) in [5, 5.41) is 3.42. The molecule has 3 heteroatoms. The largest absolute Gasteiger partial charge is 0.355 e. The van der Waals surface area contributed by atoms with E-state index in [4.69, 9.17) is 0 Å². The van der Waals surface area contributed by atoms with Gasteiger partial charge in [-0.15, -0.1) is 0 Å². The van der Waals surface area contributed by atoms with Crippen molar-refractivity contribution >= 4 is 5.95 Å². The number of anilines is 1. The molecule has 0 unspecified atom stereocenters. The van der Waals surface area contributed by atoms with Gasteiger partial charge in [-0.25, -0.2) is 4.98 Å². The zero-order valence-electron chi connectivity index (χ0n) is 12.2. The molecule has 0 aliphatic carbocycles. The summed E-state index contributed by atoms with van der Waals surface area (Å²) in [6.07, 6.45) is 3.30. The average Bonchev–Trinajstić information content (AvgIpc) is 2.52. The van der Waals surface area contributed by atoms with Crippen molar-refractivity contribution in [3.63, 3.8) is 0 Å². The Hall–Kier alpha value is -0.990. The number of nitrogens with one attached hydrogen (secondary N) is 1. The minimum Gasteiger partial charge on any atom is -0.355 e. The lowest BCUT2D eigenvalue weighted by molar-refractivity contribution is 0.351. The zero-order chi connectivity index (χ0) is 13.1. The van der Waals surface area contributed by atoms with Crippen LogP contribution in [0.25, 0.3) is 0 Å². The number of imidazole rings is 1. The third kappa shape index (κ3) is 5.24. The first-order chi connectivity index (χ1) is 7.78. The standard InChI is InChI=1S/C14H27N3/c1-11(2)9-15-13-16-12(3)10-17(13)8-7-14(4,5)6/h10-11H,7-9H2,1-6H3,(H,15,16). The molecule has 0 radical (unpaired) electrons. The van der Waals surface area contributed by atoms with Gasteiger partial charge in [0, 0.05) is 19.3 Å². The Labute approximate surface area is 106 Å². The second-order valence-corrected chi connectivity index (χ2v) is 6.48. The maximum Gasteiger partial charge on any atom is 0.203 e. The van der Waals surface area contributed by atoms with Crippen LogP contribution in [0.5, 0.6) is 0 Å². The molecule has 0 aliphatic heterocycles. The Morgan fingerprint density at radius 2 is 2.00 bits per heavy atom. The van der Waals surface area contributed by atoms with Gasteiger partial charge in [0.25, 0.3) is 0 Å². The van der Waals surface area contributed by atoms with Crippen molar-refractivity contribution in [2.45, 2.75) is 54.5 Å². The molecule has 1 aromatic heterocycles. The molecule has 0 saturated heterocycles. The second-order valence-electron chi connectivity index (χ2n) is 6.48. The highest BCUT2D eigenvalue weighted by Gasteiger charge is 2.12. The summed E-state index contributed by atoms with van der Waals surface area (Å²) in [5.74, 6) is 1.66. The summed E-state index contributed by atoms with van der Waals surface area (Å²) < 4.78 is 2.24. The van der Waals surface area contributed by atoms with Gasteiger partial charge >= 0.3 is 0 Å². The van der Waals surface area contributed by atoms with Crippen LogP contribution in [0.4, 0.5) is 5.95 Å². The quantitative estimate of drug-likeness (QED) is 0.846. The minimum atomic E-state index is 0.369. The van der Waals surface area contributed by atoms with E-state index in [-0.39, 0.29) is 0 Å². The molecule has 3 nitrogen and oxygen atoms in total. The van der Waals surface area contributed by atoms with E-state index in [1.807, 2.05) is 6.92 Å². The molecule has 0 atom stereocenters. The lowest BCUT2D eigenvalue weighted by Crippen LogP contribution is -2.15. The molecule has 0 bridgehead atoms. The normalized spacial score (nSPS) is 12.2. The van der Waals surface area contributed by atoms with Crippen molar-refractivity contribution < 1.29 is 0 Å². The van der Waals surface area contributed by atoms with E-state index in [2.05, 4.69) is 55.7 Å². The van der Waals surface area contributed by atoms with Crippen molar-refractivity contribution in [2.24, 2.45) is 11.3 Å². The van der Waals surface area contributed by atoms with E-state index in [0.29, 0.717) is 11.3 Å². The highest BCUT2D eigenvalue weighted by atomic mass is 15.2. The molecule has 0 aliphatic rings. The fraction of sp³-hybridized carbons (Fsp3) is 0.786. The Balaban J connectivity index is 2.64. The summed E-state index contributed by atoms with van der Waals surface area (Å²) in [7, 11) is 0. The van der Waals surface area contributed by atoms with Crippen LogP contribution in [-0.4, -0.2) is 16.1 Å². The van der Waals surface area contributed by atoms with Crippen LogP contribution in [0.15, 0.2) is 6.20 Å². The lowest BCUT2D eigenvalue weighted by atomic mass is 9.92. The molecule has 1 rings (SSSR count). The van der Waals surface area contributed by atoms with E-state index >= 15 is 0 Å². The Bertz CT molecular complexity index is 345. The molecular weight excluding hydrogens is 210 g/mol. The van der Waals surface area contributed by atoms with Gasteiger partial charge in [0.15, 0.2) is 0 Å². The fourth-order valence-corrected chi connectivity index (χ4v) is 1.61. The van der Waals surface area contributed by atoms with Crippen LogP contribution in [0.1, 0.15) is 46.7 Å². The monoisotopic (exact) mass is 237 g/mol. The van der Waals surface area contributed by atoms with E-state index < -0.39 is 0 Å². The van der Waals surface area contributed by atoms with E-state index in [1.165, 1.54) is 6.42 Å². The molecule has 98 valence electrons. The number of nitrogens with zero attached hydrogens (tertiary/aromatic N) is 2. The van der Waals surface area contributed by atoms with Crippen LogP contribution < -0.4 is 5.32 Å². The molecule has 0 saturated carbocycles. The number of hydrogen-bond acceptors (Lipinski definition) is 2. The molecular formula is C14H27N3. The molecule has 1 heterocycles. The molecule has 0 aromatic carbocycles. The third-order valence-electron chi connectivity index (χ3n) is 2.67. The van der Waals surface area contributed by atoms with Crippen molar-refractivity contribution in [1.82, 2.24) is 9.55 Å². The molecule has 17 heavy (non-hydrogen) atoms. The van der Waals surface area contributed by atoms with E-state index in [0.717, 1.165) is 24.7 Å². The molecule has 1 aromatic rings. The first-order valence-electron chi connectivity index (χ1n) is 6.55. The van der Waals surface area contributed by atoms with Crippen LogP contribution in [0, 0.1) is 18.3 Å². The maximum atomic E-state index is 4.54. The van der Waals surface area contributed by atoms with Gasteiger partial charge in [-0.3, -0.25) is 0 Å². The maximum absolute atomic E-state index is 4.54. The first-order valence-corrected chi connectivity index (χ1v) is 6.55. The summed E-state index contributed by atoms with van der Waals surface area (Å²) in [4.78, 5) is 4.54. The van der Waals surface area contributed by atoms with Crippen LogP contribution in [-0.2, 0) is 6.54 Å².